The van der Waals surface area contributed by atoms with Crippen molar-refractivity contribution < 1.29 is 21.2 Å². The van der Waals surface area contributed by atoms with E-state index < -0.39 is 36.1 Å². The normalized spacial score (nSPS) is 17.3. The molecular weight excluding hydrogens is 279 g/mol. The summed E-state index contributed by atoms with van der Waals surface area (Å²) in [6, 6.07) is 3.88. The molecule has 18 heavy (non-hydrogen) atoms. The van der Waals surface area contributed by atoms with Gasteiger partial charge >= 0.3 is 0 Å². The summed E-state index contributed by atoms with van der Waals surface area (Å²) in [5.41, 5.74) is 0.205. The van der Waals surface area contributed by atoms with Gasteiger partial charge in [-0.2, -0.15) is 0 Å². The van der Waals surface area contributed by atoms with Gasteiger partial charge < -0.3 is 0 Å². The molecule has 98 valence electrons. The summed E-state index contributed by atoms with van der Waals surface area (Å²) in [7, 11) is -7.49. The molecule has 0 saturated carbocycles. The van der Waals surface area contributed by atoms with Gasteiger partial charge in [0.1, 0.15) is 10.7 Å². The van der Waals surface area contributed by atoms with Gasteiger partial charge in [0.2, 0.25) is 9.84 Å². The van der Waals surface area contributed by atoms with Crippen molar-refractivity contribution in [3.8, 4) is 0 Å². The number of hydrogen-bond donors (Lipinski definition) is 0. The smallest absolute Gasteiger partial charge is 0.207 e. The molecule has 7 heteroatoms. The zero-order chi connectivity index (χ0) is 13.6. The van der Waals surface area contributed by atoms with Crippen LogP contribution in [0.5, 0.6) is 0 Å². The van der Waals surface area contributed by atoms with E-state index in [1.165, 1.54) is 25.1 Å². The minimum absolute atomic E-state index is 0.154. The van der Waals surface area contributed by atoms with Crippen LogP contribution < -0.4 is 0 Å². The number of benzene rings is 1. The van der Waals surface area contributed by atoms with Gasteiger partial charge in [0.15, 0.2) is 9.84 Å². The van der Waals surface area contributed by atoms with Crippen molar-refractivity contribution in [2.45, 2.75) is 11.8 Å². The second kappa shape index (κ2) is 4.17. The molecule has 0 saturated heterocycles. The van der Waals surface area contributed by atoms with Crippen molar-refractivity contribution in [3.63, 3.8) is 0 Å². The molecule has 4 nitrogen and oxygen atoms in total. The summed E-state index contributed by atoms with van der Waals surface area (Å²) < 4.78 is 60.5. The molecule has 0 radical (unpaired) electrons. The van der Waals surface area contributed by atoms with Crippen LogP contribution >= 0.6 is 0 Å². The highest BCUT2D eigenvalue weighted by Crippen LogP contribution is 2.35. The van der Waals surface area contributed by atoms with Crippen molar-refractivity contribution in [1.29, 1.82) is 0 Å². The Kier molecular flexibility index (Phi) is 3.06. The summed E-state index contributed by atoms with van der Waals surface area (Å²) >= 11 is 0. The molecule has 0 N–H and O–H groups in total. The zero-order valence-corrected chi connectivity index (χ0v) is 11.2. The van der Waals surface area contributed by atoms with Gasteiger partial charge in [-0.05, 0) is 17.7 Å². The van der Waals surface area contributed by atoms with E-state index in [2.05, 4.69) is 0 Å². The first kappa shape index (κ1) is 13.2. The van der Waals surface area contributed by atoms with Crippen molar-refractivity contribution in [2.75, 3.05) is 11.5 Å². The van der Waals surface area contributed by atoms with Crippen LogP contribution in [0.3, 0.4) is 0 Å². The van der Waals surface area contributed by atoms with Crippen molar-refractivity contribution in [2.24, 2.45) is 0 Å². The number of fused-ring (bicyclic) bond motifs is 1. The first-order valence-corrected chi connectivity index (χ1v) is 8.53. The molecule has 0 aliphatic carbocycles. The van der Waals surface area contributed by atoms with Gasteiger partial charge in [0.25, 0.3) is 0 Å². The molecular formula is C11H11FO4S2. The topological polar surface area (TPSA) is 68.3 Å². The van der Waals surface area contributed by atoms with E-state index in [1.807, 2.05) is 0 Å². The lowest BCUT2D eigenvalue weighted by Gasteiger charge is -2.04. The Balaban J connectivity index is 2.55. The molecule has 1 heterocycles. The Bertz CT molecular complexity index is 730. The maximum Gasteiger partial charge on any atom is 0.207 e. The summed E-state index contributed by atoms with van der Waals surface area (Å²) in [4.78, 5) is -0.684. The van der Waals surface area contributed by atoms with Gasteiger partial charge in [0.05, 0.1) is 10.7 Å². The molecule has 1 aromatic rings. The third-order valence-corrected chi connectivity index (χ3v) is 6.46. The monoisotopic (exact) mass is 290 g/mol. The van der Waals surface area contributed by atoms with Gasteiger partial charge in [-0.3, -0.25) is 0 Å². The highest BCUT2D eigenvalue weighted by molar-refractivity contribution is 7.98. The Morgan fingerprint density at radius 1 is 1.28 bits per heavy atom. The van der Waals surface area contributed by atoms with Crippen LogP contribution in [0.15, 0.2) is 28.0 Å². The van der Waals surface area contributed by atoms with Crippen LogP contribution in [0.1, 0.15) is 12.5 Å². The molecule has 1 aromatic carbocycles. The van der Waals surface area contributed by atoms with E-state index in [-0.39, 0.29) is 16.2 Å². The SMILES string of the molecule is CCS(=O)(=O)CC1=Cc2cccc(F)c2S1(=O)=O. The lowest BCUT2D eigenvalue weighted by atomic mass is 10.2. The van der Waals surface area contributed by atoms with Gasteiger partial charge in [-0.15, -0.1) is 0 Å². The fourth-order valence-electron chi connectivity index (χ4n) is 1.74. The average Bonchev–Trinajstić information content (AvgIpc) is 2.51. The standard InChI is InChI=1S/C11H11FO4S2/c1-2-17(13,14)7-9-6-8-4-3-5-10(12)11(8)18(9,15)16/h3-6H,2,7H2,1H3. The summed E-state index contributed by atoms with van der Waals surface area (Å²) in [6.07, 6.45) is 1.22. The zero-order valence-electron chi connectivity index (χ0n) is 9.55. The maximum absolute atomic E-state index is 13.5. The van der Waals surface area contributed by atoms with Crippen LogP contribution in [0.25, 0.3) is 6.08 Å². The largest absolute Gasteiger partial charge is 0.228 e. The van der Waals surface area contributed by atoms with Crippen molar-refractivity contribution >= 4 is 25.8 Å². The van der Waals surface area contributed by atoms with Gasteiger partial charge in [-0.25, -0.2) is 21.2 Å². The summed E-state index contributed by atoms with van der Waals surface area (Å²) in [5, 5.41) is 0. The number of halogens is 1. The van der Waals surface area contributed by atoms with E-state index >= 15 is 0 Å². The molecule has 1 aliphatic rings. The van der Waals surface area contributed by atoms with Crippen LogP contribution in [-0.4, -0.2) is 28.3 Å². The Hall–Kier alpha value is -1.21. The van der Waals surface area contributed by atoms with Gasteiger partial charge in [0, 0.05) is 5.75 Å². The molecule has 0 spiro atoms. The van der Waals surface area contributed by atoms with Crippen LogP contribution in [-0.2, 0) is 19.7 Å². The number of rotatable bonds is 3. The molecule has 0 aromatic heterocycles. The Morgan fingerprint density at radius 3 is 2.50 bits per heavy atom. The second-order valence-electron chi connectivity index (χ2n) is 3.95. The van der Waals surface area contributed by atoms with Crippen LogP contribution in [0.2, 0.25) is 0 Å². The maximum atomic E-state index is 13.5. The fraction of sp³-hybridized carbons (Fsp3) is 0.273. The van der Waals surface area contributed by atoms with Crippen molar-refractivity contribution in [3.05, 3.63) is 34.5 Å². The van der Waals surface area contributed by atoms with E-state index in [1.54, 1.807) is 0 Å². The Labute approximate surface area is 105 Å². The first-order chi connectivity index (χ1) is 8.28. The Morgan fingerprint density at radius 2 is 1.94 bits per heavy atom. The van der Waals surface area contributed by atoms with E-state index in [4.69, 9.17) is 0 Å². The third-order valence-electron chi connectivity index (χ3n) is 2.73. The lowest BCUT2D eigenvalue weighted by molar-refractivity contribution is 0.571. The van der Waals surface area contributed by atoms with Crippen LogP contribution in [0.4, 0.5) is 4.39 Å². The van der Waals surface area contributed by atoms with Crippen molar-refractivity contribution in [1.82, 2.24) is 0 Å². The first-order valence-electron chi connectivity index (χ1n) is 5.22. The molecule has 0 amide bonds. The predicted molar refractivity (Wildman–Crippen MR) is 65.9 cm³/mol. The predicted octanol–water partition coefficient (Wildman–Crippen LogP) is 1.39. The summed E-state index contributed by atoms with van der Waals surface area (Å²) in [6.45, 7) is 1.44. The minimum atomic E-state index is -4.01. The highest BCUT2D eigenvalue weighted by atomic mass is 32.2. The average molecular weight is 290 g/mol. The number of sulfone groups is 2. The molecule has 2 rings (SSSR count). The fourth-order valence-corrected chi connectivity index (χ4v) is 4.93. The molecule has 1 aliphatic heterocycles. The second-order valence-corrected chi connectivity index (χ2v) is 8.24. The quantitative estimate of drug-likeness (QED) is 0.843. The van der Waals surface area contributed by atoms with E-state index in [0.29, 0.717) is 0 Å². The summed E-state index contributed by atoms with van der Waals surface area (Å²) in [5.74, 6) is -1.59. The molecule has 0 bridgehead atoms. The molecule has 0 fully saturated rings. The molecule has 0 unspecified atom stereocenters. The minimum Gasteiger partial charge on any atom is -0.228 e. The van der Waals surface area contributed by atoms with Crippen LogP contribution in [0, 0.1) is 5.82 Å². The van der Waals surface area contributed by atoms with E-state index in [9.17, 15) is 21.2 Å². The highest BCUT2D eigenvalue weighted by Gasteiger charge is 2.34. The van der Waals surface area contributed by atoms with Gasteiger partial charge in [-0.1, -0.05) is 19.1 Å². The number of hydrogen-bond acceptors (Lipinski definition) is 4. The molecule has 0 atom stereocenters. The van der Waals surface area contributed by atoms with E-state index in [0.717, 1.165) is 6.07 Å². The lowest BCUT2D eigenvalue weighted by Crippen LogP contribution is -2.15. The third kappa shape index (κ3) is 2.08.